The Hall–Kier alpha value is -2.84. The molecule has 0 radical (unpaired) electrons. The Labute approximate surface area is 141 Å². The first-order valence-electron chi connectivity index (χ1n) is 7.85. The van der Waals surface area contributed by atoms with Crippen LogP contribution in [-0.2, 0) is 6.42 Å². The van der Waals surface area contributed by atoms with Crippen LogP contribution in [0.3, 0.4) is 0 Å². The molecular formula is C19H21N3O2. The molecule has 2 aromatic rings. The lowest BCUT2D eigenvalue weighted by atomic mass is 10.1. The summed E-state index contributed by atoms with van der Waals surface area (Å²) in [6.07, 6.45) is -0.143. The highest BCUT2D eigenvalue weighted by atomic mass is 16.3. The number of carbonyl (C=O) groups excluding carboxylic acids is 1. The van der Waals surface area contributed by atoms with E-state index in [-0.39, 0.29) is 18.6 Å². The van der Waals surface area contributed by atoms with Crippen molar-refractivity contribution in [1.29, 1.82) is 5.26 Å². The molecule has 5 heteroatoms. The number of aliphatic hydroxyl groups is 1. The number of nitriles is 1. The van der Waals surface area contributed by atoms with Crippen LogP contribution in [0.2, 0.25) is 0 Å². The van der Waals surface area contributed by atoms with E-state index in [0.29, 0.717) is 12.0 Å². The first-order valence-corrected chi connectivity index (χ1v) is 7.85. The molecule has 0 saturated carbocycles. The molecule has 2 aromatic carbocycles. The summed E-state index contributed by atoms with van der Waals surface area (Å²) in [7, 11) is 0. The van der Waals surface area contributed by atoms with Gasteiger partial charge in [0.2, 0.25) is 0 Å². The summed E-state index contributed by atoms with van der Waals surface area (Å²) in [5.41, 5.74) is 2.52. The molecule has 2 atom stereocenters. The molecule has 0 saturated heterocycles. The van der Waals surface area contributed by atoms with Gasteiger partial charge in [0.05, 0.1) is 23.8 Å². The van der Waals surface area contributed by atoms with Gasteiger partial charge in [0.25, 0.3) is 0 Å². The van der Waals surface area contributed by atoms with Crippen LogP contribution < -0.4 is 10.6 Å². The third kappa shape index (κ3) is 5.41. The van der Waals surface area contributed by atoms with Crippen LogP contribution in [0.1, 0.15) is 29.7 Å². The molecule has 2 rings (SSSR count). The van der Waals surface area contributed by atoms with Crippen LogP contribution in [0.15, 0.2) is 54.6 Å². The molecule has 0 aliphatic carbocycles. The Kier molecular flexibility index (Phi) is 6.35. The number of hydrogen-bond acceptors (Lipinski definition) is 3. The van der Waals surface area contributed by atoms with Crippen molar-refractivity contribution in [3.63, 3.8) is 0 Å². The van der Waals surface area contributed by atoms with E-state index >= 15 is 0 Å². The van der Waals surface area contributed by atoms with Gasteiger partial charge in [-0.3, -0.25) is 0 Å². The Balaban J connectivity index is 1.76. The normalized spacial score (nSPS) is 12.7. The number of carbonyl (C=O) groups is 1. The Morgan fingerprint density at radius 3 is 2.46 bits per heavy atom. The lowest BCUT2D eigenvalue weighted by Crippen LogP contribution is -2.41. The minimum absolute atomic E-state index is 0.181. The summed E-state index contributed by atoms with van der Waals surface area (Å²) < 4.78 is 0. The lowest BCUT2D eigenvalue weighted by molar-refractivity contribution is 0.170. The number of urea groups is 1. The number of rotatable bonds is 6. The molecule has 0 aliphatic heterocycles. The van der Waals surface area contributed by atoms with Gasteiger partial charge in [0.15, 0.2) is 0 Å². The van der Waals surface area contributed by atoms with Gasteiger partial charge in [-0.1, -0.05) is 42.5 Å². The topological polar surface area (TPSA) is 85.2 Å². The summed E-state index contributed by atoms with van der Waals surface area (Å²) in [6.45, 7) is 2.04. The van der Waals surface area contributed by atoms with Gasteiger partial charge in [-0.15, -0.1) is 0 Å². The third-order valence-corrected chi connectivity index (χ3v) is 3.70. The fourth-order valence-corrected chi connectivity index (χ4v) is 2.35. The van der Waals surface area contributed by atoms with Crippen molar-refractivity contribution >= 4 is 6.03 Å². The van der Waals surface area contributed by atoms with Crippen molar-refractivity contribution < 1.29 is 9.90 Å². The van der Waals surface area contributed by atoms with Gasteiger partial charge >= 0.3 is 6.03 Å². The van der Waals surface area contributed by atoms with Gasteiger partial charge in [-0.25, -0.2) is 4.79 Å². The first-order chi connectivity index (χ1) is 11.6. The minimum atomic E-state index is -0.636. The zero-order valence-electron chi connectivity index (χ0n) is 13.6. The molecule has 0 heterocycles. The molecule has 0 aliphatic rings. The fourth-order valence-electron chi connectivity index (χ4n) is 2.35. The number of hydrogen-bond donors (Lipinski definition) is 3. The van der Waals surface area contributed by atoms with E-state index in [1.165, 1.54) is 0 Å². The van der Waals surface area contributed by atoms with E-state index in [4.69, 9.17) is 5.26 Å². The van der Waals surface area contributed by atoms with Crippen LogP contribution >= 0.6 is 0 Å². The average molecular weight is 323 g/mol. The van der Waals surface area contributed by atoms with Crippen LogP contribution in [-0.4, -0.2) is 23.8 Å². The summed E-state index contributed by atoms with van der Waals surface area (Å²) in [6, 6.07) is 18.2. The molecule has 2 amide bonds. The Morgan fingerprint density at radius 1 is 1.17 bits per heavy atom. The summed E-state index contributed by atoms with van der Waals surface area (Å²) >= 11 is 0. The SMILES string of the molecule is CC(NC(=O)NCC(O)Cc1ccccc1)c1ccc(C#N)cc1. The predicted octanol–water partition coefficient (Wildman–Crippen LogP) is 2.52. The first kappa shape index (κ1) is 17.5. The minimum Gasteiger partial charge on any atom is -0.391 e. The lowest BCUT2D eigenvalue weighted by Gasteiger charge is -2.17. The highest BCUT2D eigenvalue weighted by Gasteiger charge is 2.11. The third-order valence-electron chi connectivity index (χ3n) is 3.70. The molecule has 5 nitrogen and oxygen atoms in total. The van der Waals surface area contributed by atoms with Crippen molar-refractivity contribution in [2.24, 2.45) is 0 Å². The molecule has 0 spiro atoms. The summed E-state index contributed by atoms with van der Waals surface area (Å²) in [5, 5.41) is 24.3. The molecular weight excluding hydrogens is 302 g/mol. The van der Waals surface area contributed by atoms with Crippen molar-refractivity contribution in [2.45, 2.75) is 25.5 Å². The zero-order valence-corrected chi connectivity index (χ0v) is 13.6. The summed E-state index contributed by atoms with van der Waals surface area (Å²) in [5.74, 6) is 0. The molecule has 0 bridgehead atoms. The maximum absolute atomic E-state index is 11.9. The molecule has 0 fully saturated rings. The zero-order chi connectivity index (χ0) is 17.4. The van der Waals surface area contributed by atoms with Gasteiger partial charge in [0, 0.05) is 13.0 Å². The van der Waals surface area contributed by atoms with E-state index in [0.717, 1.165) is 11.1 Å². The number of nitrogens with zero attached hydrogens (tertiary/aromatic N) is 1. The van der Waals surface area contributed by atoms with Crippen LogP contribution in [0.5, 0.6) is 0 Å². The average Bonchev–Trinajstić information content (AvgIpc) is 2.61. The number of benzene rings is 2. The van der Waals surface area contributed by atoms with E-state index in [1.807, 2.05) is 49.4 Å². The Bertz CT molecular complexity index is 693. The molecule has 0 aromatic heterocycles. The second kappa shape index (κ2) is 8.70. The molecule has 2 unspecified atom stereocenters. The largest absolute Gasteiger partial charge is 0.391 e. The standard InChI is InChI=1S/C19H21N3O2/c1-14(17-9-7-16(12-20)8-10-17)22-19(24)21-13-18(23)11-15-5-3-2-4-6-15/h2-10,14,18,23H,11,13H2,1H3,(H2,21,22,24). The highest BCUT2D eigenvalue weighted by molar-refractivity contribution is 5.74. The van der Waals surface area contributed by atoms with E-state index < -0.39 is 6.10 Å². The van der Waals surface area contributed by atoms with Crippen LogP contribution in [0.4, 0.5) is 4.79 Å². The van der Waals surface area contributed by atoms with E-state index in [1.54, 1.807) is 12.1 Å². The number of aliphatic hydroxyl groups excluding tert-OH is 1. The molecule has 3 N–H and O–H groups in total. The monoisotopic (exact) mass is 323 g/mol. The highest BCUT2D eigenvalue weighted by Crippen LogP contribution is 2.12. The van der Waals surface area contributed by atoms with Crippen LogP contribution in [0, 0.1) is 11.3 Å². The van der Waals surface area contributed by atoms with Crippen molar-refractivity contribution in [3.8, 4) is 6.07 Å². The van der Waals surface area contributed by atoms with E-state index in [2.05, 4.69) is 16.7 Å². The van der Waals surface area contributed by atoms with Gasteiger partial charge in [-0.05, 0) is 30.2 Å². The van der Waals surface area contributed by atoms with Crippen LogP contribution in [0.25, 0.3) is 0 Å². The van der Waals surface area contributed by atoms with Gasteiger partial charge in [0.1, 0.15) is 0 Å². The molecule has 24 heavy (non-hydrogen) atoms. The van der Waals surface area contributed by atoms with Crippen molar-refractivity contribution in [3.05, 3.63) is 71.3 Å². The quantitative estimate of drug-likeness (QED) is 0.763. The Morgan fingerprint density at radius 2 is 1.83 bits per heavy atom. The summed E-state index contributed by atoms with van der Waals surface area (Å²) in [4.78, 5) is 11.9. The number of nitrogens with one attached hydrogen (secondary N) is 2. The van der Waals surface area contributed by atoms with Crippen molar-refractivity contribution in [2.75, 3.05) is 6.54 Å². The second-order valence-corrected chi connectivity index (χ2v) is 5.65. The fraction of sp³-hybridized carbons (Fsp3) is 0.263. The maximum atomic E-state index is 11.9. The predicted molar refractivity (Wildman–Crippen MR) is 92.3 cm³/mol. The van der Waals surface area contributed by atoms with Gasteiger partial charge < -0.3 is 15.7 Å². The van der Waals surface area contributed by atoms with Gasteiger partial charge in [-0.2, -0.15) is 5.26 Å². The number of amides is 2. The molecule has 124 valence electrons. The smallest absolute Gasteiger partial charge is 0.315 e. The second-order valence-electron chi connectivity index (χ2n) is 5.65. The van der Waals surface area contributed by atoms with Crippen molar-refractivity contribution in [1.82, 2.24) is 10.6 Å². The maximum Gasteiger partial charge on any atom is 0.315 e. The van der Waals surface area contributed by atoms with E-state index in [9.17, 15) is 9.90 Å².